The Bertz CT molecular complexity index is 1350. The summed E-state index contributed by atoms with van der Waals surface area (Å²) in [7, 11) is 0. The first-order chi connectivity index (χ1) is 20.0. The second-order valence-electron chi connectivity index (χ2n) is 11.1. The normalized spacial score (nSPS) is 27.3. The number of benzene rings is 2. The highest BCUT2D eigenvalue weighted by atomic mass is 16.5. The first-order valence-corrected chi connectivity index (χ1v) is 14.4. The van der Waals surface area contributed by atoms with Gasteiger partial charge in [0, 0.05) is 44.5 Å². The molecule has 9 nitrogen and oxygen atoms in total. The van der Waals surface area contributed by atoms with E-state index in [0.29, 0.717) is 56.7 Å². The van der Waals surface area contributed by atoms with Gasteiger partial charge in [-0.05, 0) is 60.2 Å². The molecular formula is C32H36N4O5. The Balaban J connectivity index is 1.29. The van der Waals surface area contributed by atoms with Crippen LogP contribution in [0.3, 0.4) is 0 Å². The maximum absolute atomic E-state index is 13.6. The van der Waals surface area contributed by atoms with E-state index >= 15 is 0 Å². The van der Waals surface area contributed by atoms with E-state index in [0.717, 1.165) is 16.7 Å². The van der Waals surface area contributed by atoms with Crippen molar-refractivity contribution < 1.29 is 24.2 Å². The van der Waals surface area contributed by atoms with Crippen molar-refractivity contribution in [2.24, 2.45) is 0 Å². The van der Waals surface area contributed by atoms with E-state index in [-0.39, 0.29) is 30.5 Å². The number of fused-ring (bicyclic) bond motifs is 5. The van der Waals surface area contributed by atoms with Gasteiger partial charge in [0.25, 0.3) is 5.91 Å². The first kappa shape index (κ1) is 27.4. The number of hydrogen-bond donors (Lipinski definition) is 3. The Morgan fingerprint density at radius 1 is 0.976 bits per heavy atom. The summed E-state index contributed by atoms with van der Waals surface area (Å²) in [6.45, 7) is 1.67. The summed E-state index contributed by atoms with van der Waals surface area (Å²) in [6.07, 6.45) is 4.63. The minimum absolute atomic E-state index is 0.109. The average molecular weight is 557 g/mol. The molecule has 9 heteroatoms. The molecule has 2 saturated heterocycles. The summed E-state index contributed by atoms with van der Waals surface area (Å²) in [4.78, 5) is 33.3. The smallest absolute Gasteiger partial charge is 0.255 e. The van der Waals surface area contributed by atoms with Crippen molar-refractivity contribution in [3.05, 3.63) is 84.2 Å². The molecule has 0 radical (unpaired) electrons. The van der Waals surface area contributed by atoms with Crippen molar-refractivity contribution in [1.82, 2.24) is 20.5 Å². The second kappa shape index (κ2) is 12.4. The van der Waals surface area contributed by atoms with Crippen LogP contribution in [0.2, 0.25) is 0 Å². The Morgan fingerprint density at radius 2 is 1.80 bits per heavy atom. The van der Waals surface area contributed by atoms with Gasteiger partial charge in [-0.3, -0.25) is 19.5 Å². The fourth-order valence-electron chi connectivity index (χ4n) is 6.05. The summed E-state index contributed by atoms with van der Waals surface area (Å²) in [5.41, 5.74) is 3.50. The van der Waals surface area contributed by atoms with Gasteiger partial charge in [0.05, 0.1) is 30.4 Å². The monoisotopic (exact) mass is 556 g/mol. The lowest BCUT2D eigenvalue weighted by molar-refractivity contribution is -0.133. The van der Waals surface area contributed by atoms with Gasteiger partial charge in [0.2, 0.25) is 5.91 Å². The molecule has 1 aromatic heterocycles. The molecule has 3 N–H and O–H groups in total. The highest BCUT2D eigenvalue weighted by molar-refractivity contribution is 5.98. The van der Waals surface area contributed by atoms with Crippen molar-refractivity contribution in [2.45, 2.75) is 62.6 Å². The van der Waals surface area contributed by atoms with E-state index in [4.69, 9.17) is 9.47 Å². The van der Waals surface area contributed by atoms with Gasteiger partial charge in [-0.15, -0.1) is 0 Å². The summed E-state index contributed by atoms with van der Waals surface area (Å²) >= 11 is 0. The molecule has 2 amide bonds. The molecule has 0 aliphatic carbocycles. The Hall–Kier alpha value is -3.79. The van der Waals surface area contributed by atoms with Gasteiger partial charge in [0.15, 0.2) is 0 Å². The average Bonchev–Trinajstić information content (AvgIpc) is 3.39. The van der Waals surface area contributed by atoms with Gasteiger partial charge in [-0.25, -0.2) is 0 Å². The Morgan fingerprint density at radius 3 is 2.63 bits per heavy atom. The zero-order valence-corrected chi connectivity index (χ0v) is 22.9. The number of hydrogen-bond acceptors (Lipinski definition) is 7. The Kier molecular flexibility index (Phi) is 8.27. The third kappa shape index (κ3) is 6.43. The lowest BCUT2D eigenvalue weighted by Gasteiger charge is -2.34. The molecule has 5 atom stereocenters. The van der Waals surface area contributed by atoms with Crippen LogP contribution in [-0.4, -0.2) is 76.9 Å². The maximum atomic E-state index is 13.6. The van der Waals surface area contributed by atoms with Crippen LogP contribution < -0.4 is 15.4 Å². The van der Waals surface area contributed by atoms with Crippen LogP contribution in [0.5, 0.6) is 5.75 Å². The number of rotatable bonds is 3. The van der Waals surface area contributed by atoms with E-state index < -0.39 is 18.2 Å². The zero-order chi connectivity index (χ0) is 28.2. The molecule has 3 aliphatic rings. The van der Waals surface area contributed by atoms with E-state index in [1.54, 1.807) is 12.4 Å². The van der Waals surface area contributed by atoms with E-state index in [1.807, 2.05) is 60.7 Å². The fraction of sp³-hybridized carbons (Fsp3) is 0.406. The van der Waals surface area contributed by atoms with Crippen molar-refractivity contribution in [2.75, 3.05) is 19.7 Å². The van der Waals surface area contributed by atoms with Gasteiger partial charge in [-0.2, -0.15) is 0 Å². The van der Waals surface area contributed by atoms with E-state index in [9.17, 15) is 14.7 Å². The molecule has 2 fully saturated rings. The summed E-state index contributed by atoms with van der Waals surface area (Å²) in [6, 6.07) is 18.9. The van der Waals surface area contributed by atoms with Crippen molar-refractivity contribution in [3.8, 4) is 16.9 Å². The summed E-state index contributed by atoms with van der Waals surface area (Å²) < 4.78 is 12.5. The molecule has 0 unspecified atom stereocenters. The zero-order valence-electron chi connectivity index (χ0n) is 22.9. The number of nitrogens with one attached hydrogen (secondary N) is 2. The minimum atomic E-state index is -0.635. The van der Waals surface area contributed by atoms with Crippen LogP contribution in [0.25, 0.3) is 11.1 Å². The SMILES string of the molecule is O=C1N[C@H]2C[C@@H](C(=O)NC[C@H]3O[C@H](CCOc4cc(-c5ccccc5)ccc41)CC[C@@H]3O)N(Cc1ccncc1)C2. The maximum Gasteiger partial charge on any atom is 0.255 e. The number of aliphatic hydroxyl groups excluding tert-OH is 1. The number of aliphatic hydroxyl groups is 1. The summed E-state index contributed by atoms with van der Waals surface area (Å²) in [5, 5.41) is 16.8. The second-order valence-corrected chi connectivity index (χ2v) is 11.1. The largest absolute Gasteiger partial charge is 0.493 e. The minimum Gasteiger partial charge on any atom is -0.493 e. The third-order valence-corrected chi connectivity index (χ3v) is 8.27. The molecule has 0 saturated carbocycles. The lowest BCUT2D eigenvalue weighted by Crippen LogP contribution is -2.50. The molecule has 4 bridgehead atoms. The molecule has 4 heterocycles. The molecule has 41 heavy (non-hydrogen) atoms. The van der Waals surface area contributed by atoms with Gasteiger partial charge < -0.3 is 25.2 Å². The van der Waals surface area contributed by atoms with E-state index in [2.05, 4.69) is 20.5 Å². The van der Waals surface area contributed by atoms with Crippen LogP contribution in [0.4, 0.5) is 0 Å². The fourth-order valence-corrected chi connectivity index (χ4v) is 6.05. The number of pyridine rings is 1. The van der Waals surface area contributed by atoms with Gasteiger partial charge in [0.1, 0.15) is 11.9 Å². The van der Waals surface area contributed by atoms with Crippen LogP contribution in [0, 0.1) is 0 Å². The number of ether oxygens (including phenoxy) is 2. The highest BCUT2D eigenvalue weighted by Gasteiger charge is 2.39. The van der Waals surface area contributed by atoms with Crippen molar-refractivity contribution in [3.63, 3.8) is 0 Å². The number of likely N-dealkylation sites (tertiary alicyclic amines) is 1. The van der Waals surface area contributed by atoms with Crippen LogP contribution >= 0.6 is 0 Å². The molecule has 3 aromatic rings. The molecule has 214 valence electrons. The van der Waals surface area contributed by atoms with E-state index in [1.165, 1.54) is 0 Å². The topological polar surface area (TPSA) is 113 Å². The molecule has 6 rings (SSSR count). The van der Waals surface area contributed by atoms with Crippen LogP contribution in [0.1, 0.15) is 41.6 Å². The first-order valence-electron chi connectivity index (χ1n) is 14.4. The number of carbonyl (C=O) groups excluding carboxylic acids is 2. The highest BCUT2D eigenvalue weighted by Crippen LogP contribution is 2.30. The standard InChI is InChI=1S/C32H36N4O5/c37-28-9-7-25-12-15-40-29-16-23(22-4-2-1-3-5-22)6-8-26(29)31(38)35-24-17-27(32(39)34-18-30(28)41-25)36(20-24)19-21-10-13-33-14-11-21/h1-6,8,10-11,13-14,16,24-25,27-28,30,37H,7,9,12,15,17-20H2,(H,34,39)(H,35,38)/t24-,25-,27-,28-,30+/m0/s1. The predicted molar refractivity (Wildman–Crippen MR) is 153 cm³/mol. The van der Waals surface area contributed by atoms with Gasteiger partial charge in [-0.1, -0.05) is 36.4 Å². The summed E-state index contributed by atoms with van der Waals surface area (Å²) in [5.74, 6) is 0.167. The number of aromatic nitrogens is 1. The number of nitrogens with zero attached hydrogens (tertiary/aromatic N) is 2. The van der Waals surface area contributed by atoms with Crippen LogP contribution in [0.15, 0.2) is 73.1 Å². The third-order valence-electron chi connectivity index (χ3n) is 8.27. The number of amides is 2. The predicted octanol–water partition coefficient (Wildman–Crippen LogP) is 2.93. The molecule has 2 aromatic carbocycles. The Labute approximate surface area is 239 Å². The van der Waals surface area contributed by atoms with Crippen molar-refractivity contribution >= 4 is 11.8 Å². The molecule has 0 spiro atoms. The quantitative estimate of drug-likeness (QED) is 0.455. The van der Waals surface area contributed by atoms with Crippen molar-refractivity contribution in [1.29, 1.82) is 0 Å². The van der Waals surface area contributed by atoms with Crippen LogP contribution in [-0.2, 0) is 16.1 Å². The number of carbonyl (C=O) groups is 2. The molecule has 3 aliphatic heterocycles. The lowest BCUT2D eigenvalue weighted by atomic mass is 9.99. The van der Waals surface area contributed by atoms with Gasteiger partial charge >= 0.3 is 0 Å². The molecular weight excluding hydrogens is 520 g/mol.